The molecule has 0 amide bonds. The van der Waals surface area contributed by atoms with Crippen LogP contribution in [0.15, 0.2) is 218 Å². The van der Waals surface area contributed by atoms with Gasteiger partial charge in [-0.25, -0.2) is 0 Å². The lowest BCUT2D eigenvalue weighted by Gasteiger charge is -2.30. The van der Waals surface area contributed by atoms with Crippen molar-refractivity contribution in [2.45, 2.75) is 12.0 Å². The monoisotopic (exact) mass is 714 g/mol. The number of allylic oxidation sites excluding steroid dienone is 2. The van der Waals surface area contributed by atoms with Gasteiger partial charge in [-0.1, -0.05) is 158 Å². The first-order chi connectivity index (χ1) is 27.8. The lowest BCUT2D eigenvalue weighted by Crippen LogP contribution is -2.29. The zero-order valence-electron chi connectivity index (χ0n) is 30.8. The molecule has 2 heterocycles. The molecule has 56 heavy (non-hydrogen) atoms. The van der Waals surface area contributed by atoms with E-state index in [1.165, 1.54) is 88.9 Å². The average Bonchev–Trinajstić information content (AvgIpc) is 3.79. The van der Waals surface area contributed by atoms with Crippen LogP contribution in [-0.2, 0) is 0 Å². The number of hydrogen-bond donors (Lipinski definition) is 0. The lowest BCUT2D eigenvalue weighted by molar-refractivity contribution is 0.747. The topological polar surface area (TPSA) is 8.17 Å². The van der Waals surface area contributed by atoms with Crippen LogP contribution in [0.4, 0.5) is 11.4 Å². The molecule has 0 radical (unpaired) electrons. The van der Waals surface area contributed by atoms with Gasteiger partial charge in [-0.3, -0.25) is 0 Å². The number of anilines is 2. The van der Waals surface area contributed by atoms with E-state index in [2.05, 4.69) is 228 Å². The van der Waals surface area contributed by atoms with Crippen molar-refractivity contribution in [3.05, 3.63) is 230 Å². The molecule has 1 aromatic heterocycles. The van der Waals surface area contributed by atoms with E-state index in [-0.39, 0.29) is 12.0 Å². The van der Waals surface area contributed by atoms with E-state index in [1.807, 2.05) is 0 Å². The van der Waals surface area contributed by atoms with Gasteiger partial charge in [0.15, 0.2) is 0 Å². The Hall–Kier alpha value is -7.16. The fourth-order valence-electron chi connectivity index (χ4n) is 9.06. The van der Waals surface area contributed by atoms with Gasteiger partial charge in [0, 0.05) is 33.8 Å². The standard InChI is InChI=1S/C54H38N2/c1-5-15-37(16-6-1)40-25-28-53-49(34-40)50-36-42(41-26-29-52-48(35-41)47-23-13-14-24-51(47)55(52)45-21-11-4-12-22-45)27-30-54(50)56(53)46-32-43(38-17-7-2-8-18-38)31-44(33-46)39-19-9-3-10-20-39/h1-36,50,54H. The van der Waals surface area contributed by atoms with Crippen LogP contribution in [0.5, 0.6) is 0 Å². The van der Waals surface area contributed by atoms with Gasteiger partial charge in [-0.15, -0.1) is 0 Å². The van der Waals surface area contributed by atoms with Crippen LogP contribution in [0.1, 0.15) is 17.0 Å². The van der Waals surface area contributed by atoms with E-state index in [4.69, 9.17) is 0 Å². The molecule has 11 rings (SSSR count). The first-order valence-corrected chi connectivity index (χ1v) is 19.5. The highest BCUT2D eigenvalue weighted by atomic mass is 15.2. The molecular formula is C54H38N2. The molecule has 2 heteroatoms. The fourth-order valence-corrected chi connectivity index (χ4v) is 9.06. The second kappa shape index (κ2) is 13.3. The third-order valence-corrected chi connectivity index (χ3v) is 11.7. The average molecular weight is 715 g/mol. The van der Waals surface area contributed by atoms with Crippen molar-refractivity contribution in [2.24, 2.45) is 0 Å². The Labute approximate surface area is 327 Å². The highest BCUT2D eigenvalue weighted by Crippen LogP contribution is 2.51. The molecule has 0 fully saturated rings. The summed E-state index contributed by atoms with van der Waals surface area (Å²) in [4.78, 5) is 2.58. The molecular weight excluding hydrogens is 677 g/mol. The van der Waals surface area contributed by atoms with Crippen LogP contribution in [0.3, 0.4) is 0 Å². The minimum atomic E-state index is 0.123. The normalized spacial score (nSPS) is 15.9. The second-order valence-corrected chi connectivity index (χ2v) is 14.9. The van der Waals surface area contributed by atoms with E-state index < -0.39 is 0 Å². The predicted octanol–water partition coefficient (Wildman–Crippen LogP) is 14.0. The molecule has 8 aromatic carbocycles. The summed E-state index contributed by atoms with van der Waals surface area (Å²) < 4.78 is 2.39. The first-order valence-electron chi connectivity index (χ1n) is 19.5. The summed E-state index contributed by atoms with van der Waals surface area (Å²) in [5, 5.41) is 2.54. The Balaban J connectivity index is 1.07. The molecule has 0 spiro atoms. The third kappa shape index (κ3) is 5.41. The van der Waals surface area contributed by atoms with Gasteiger partial charge >= 0.3 is 0 Å². The van der Waals surface area contributed by atoms with Crippen LogP contribution in [0.25, 0.3) is 66.4 Å². The van der Waals surface area contributed by atoms with E-state index in [0.29, 0.717) is 0 Å². The quantitative estimate of drug-likeness (QED) is 0.166. The fraction of sp³-hybridized carbons (Fsp3) is 0.0370. The van der Waals surface area contributed by atoms with Crippen LogP contribution in [0, 0.1) is 0 Å². The lowest BCUT2D eigenvalue weighted by atomic mass is 9.85. The van der Waals surface area contributed by atoms with Crippen LogP contribution in [0.2, 0.25) is 0 Å². The molecule has 2 nitrogen and oxygen atoms in total. The molecule has 1 aliphatic carbocycles. The molecule has 0 N–H and O–H groups in total. The Morgan fingerprint density at radius 1 is 0.375 bits per heavy atom. The van der Waals surface area contributed by atoms with Crippen LogP contribution >= 0.6 is 0 Å². The van der Waals surface area contributed by atoms with Crippen molar-refractivity contribution in [2.75, 3.05) is 4.90 Å². The molecule has 264 valence electrons. The Morgan fingerprint density at radius 3 is 1.62 bits per heavy atom. The number of fused-ring (bicyclic) bond motifs is 6. The zero-order chi connectivity index (χ0) is 37.0. The summed E-state index contributed by atoms with van der Waals surface area (Å²) >= 11 is 0. The van der Waals surface area contributed by atoms with Gasteiger partial charge in [0.2, 0.25) is 0 Å². The van der Waals surface area contributed by atoms with E-state index in [9.17, 15) is 0 Å². The summed E-state index contributed by atoms with van der Waals surface area (Å²) in [5.41, 5.74) is 17.3. The Morgan fingerprint density at radius 2 is 0.946 bits per heavy atom. The van der Waals surface area contributed by atoms with Crippen LogP contribution < -0.4 is 4.90 Å². The van der Waals surface area contributed by atoms with Crippen molar-refractivity contribution in [3.63, 3.8) is 0 Å². The molecule has 0 bridgehead atoms. The molecule has 1 aliphatic heterocycles. The van der Waals surface area contributed by atoms with Crippen LogP contribution in [-0.4, -0.2) is 10.6 Å². The molecule has 9 aromatic rings. The molecule has 0 saturated carbocycles. The molecule has 2 unspecified atom stereocenters. The minimum absolute atomic E-state index is 0.123. The smallest absolute Gasteiger partial charge is 0.0630 e. The highest BCUT2D eigenvalue weighted by Gasteiger charge is 2.39. The number of rotatable bonds is 6. The van der Waals surface area contributed by atoms with E-state index in [0.717, 1.165) is 0 Å². The first kappa shape index (κ1) is 32.3. The van der Waals surface area contributed by atoms with E-state index in [1.54, 1.807) is 0 Å². The number of para-hydroxylation sites is 2. The van der Waals surface area contributed by atoms with Gasteiger partial charge in [0.25, 0.3) is 0 Å². The Kier molecular flexibility index (Phi) is 7.67. The van der Waals surface area contributed by atoms with Gasteiger partial charge in [-0.2, -0.15) is 0 Å². The number of aromatic nitrogens is 1. The summed E-state index contributed by atoms with van der Waals surface area (Å²) in [6.45, 7) is 0. The number of nitrogens with zero attached hydrogens (tertiary/aromatic N) is 2. The van der Waals surface area contributed by atoms with Crippen molar-refractivity contribution < 1.29 is 0 Å². The maximum atomic E-state index is 2.58. The van der Waals surface area contributed by atoms with Gasteiger partial charge in [0.05, 0.1) is 17.1 Å². The summed E-state index contributed by atoms with van der Waals surface area (Å²) in [6.07, 6.45) is 7.32. The maximum absolute atomic E-state index is 2.58. The highest BCUT2D eigenvalue weighted by molar-refractivity contribution is 6.10. The Bertz CT molecular complexity index is 2900. The van der Waals surface area contributed by atoms with Gasteiger partial charge in [-0.05, 0) is 111 Å². The van der Waals surface area contributed by atoms with Crippen molar-refractivity contribution >= 4 is 38.8 Å². The zero-order valence-corrected chi connectivity index (χ0v) is 30.8. The van der Waals surface area contributed by atoms with Crippen molar-refractivity contribution in [1.29, 1.82) is 0 Å². The largest absolute Gasteiger partial charge is 0.333 e. The third-order valence-electron chi connectivity index (χ3n) is 11.7. The van der Waals surface area contributed by atoms with E-state index >= 15 is 0 Å². The SMILES string of the molecule is C1=CC2C(C=C1c1ccc3c(c1)c1ccccc1n3-c1ccccc1)c1cc(-c3ccccc3)ccc1N2c1cc(-c2ccccc2)cc(-c2ccccc2)c1. The predicted molar refractivity (Wildman–Crippen MR) is 236 cm³/mol. The summed E-state index contributed by atoms with van der Waals surface area (Å²) in [5.74, 6) is 0.163. The molecule has 0 saturated heterocycles. The van der Waals surface area contributed by atoms with Gasteiger partial charge in [0.1, 0.15) is 0 Å². The molecule has 2 atom stereocenters. The van der Waals surface area contributed by atoms with Crippen molar-refractivity contribution in [3.8, 4) is 39.1 Å². The maximum Gasteiger partial charge on any atom is 0.0630 e. The molecule has 2 aliphatic rings. The number of hydrogen-bond acceptors (Lipinski definition) is 1. The number of benzene rings is 8. The van der Waals surface area contributed by atoms with Crippen molar-refractivity contribution in [1.82, 2.24) is 4.57 Å². The summed E-state index contributed by atoms with van der Waals surface area (Å²) in [6, 6.07) is 73.1. The second-order valence-electron chi connectivity index (χ2n) is 14.9. The summed E-state index contributed by atoms with van der Waals surface area (Å²) in [7, 11) is 0. The van der Waals surface area contributed by atoms with Gasteiger partial charge < -0.3 is 9.47 Å². The minimum Gasteiger partial charge on any atom is -0.333 e.